The van der Waals surface area contributed by atoms with Gasteiger partial charge >= 0.3 is 0 Å². The van der Waals surface area contributed by atoms with Crippen molar-refractivity contribution in [1.82, 2.24) is 10.9 Å². The van der Waals surface area contributed by atoms with E-state index in [1.807, 2.05) is 20.2 Å². The third-order valence-corrected chi connectivity index (χ3v) is 1.29. The van der Waals surface area contributed by atoms with Crippen LogP contribution in [0.3, 0.4) is 0 Å². The first-order valence-electron chi connectivity index (χ1n) is 2.97. The van der Waals surface area contributed by atoms with E-state index in [9.17, 15) is 0 Å². The van der Waals surface area contributed by atoms with E-state index in [-0.39, 0.29) is 0 Å². The van der Waals surface area contributed by atoms with Crippen molar-refractivity contribution in [2.75, 3.05) is 13.6 Å². The predicted octanol–water partition coefficient (Wildman–Crippen LogP) is 0.0688. The highest BCUT2D eigenvalue weighted by Gasteiger charge is 2.02. The number of rotatable bonds is 2. The summed E-state index contributed by atoms with van der Waals surface area (Å²) in [6.45, 7) is 2.82. The van der Waals surface area contributed by atoms with Gasteiger partial charge in [0.15, 0.2) is 0 Å². The van der Waals surface area contributed by atoms with Gasteiger partial charge in [0.2, 0.25) is 0 Å². The first-order chi connectivity index (χ1) is 4.34. The maximum Gasteiger partial charge on any atom is 0.0803 e. The molecule has 3 heteroatoms. The highest BCUT2D eigenvalue weighted by atomic mass is 15.3. The van der Waals surface area contributed by atoms with Crippen LogP contribution in [0.5, 0.6) is 0 Å². The van der Waals surface area contributed by atoms with E-state index in [1.54, 1.807) is 0 Å². The summed E-state index contributed by atoms with van der Waals surface area (Å²) in [4.78, 5) is 4.06. The van der Waals surface area contributed by atoms with Crippen LogP contribution in [0.2, 0.25) is 0 Å². The smallest absolute Gasteiger partial charge is 0.0803 e. The van der Waals surface area contributed by atoms with E-state index in [2.05, 4.69) is 15.8 Å². The van der Waals surface area contributed by atoms with Crippen molar-refractivity contribution in [3.05, 3.63) is 11.3 Å². The zero-order valence-corrected chi connectivity index (χ0v) is 5.73. The number of nitrogens with zero attached hydrogens (tertiary/aromatic N) is 1. The lowest BCUT2D eigenvalue weighted by Crippen LogP contribution is -2.27. The molecule has 1 aliphatic heterocycles. The average Bonchev–Trinajstić information content (AvgIpc) is 2.18. The number of hydrogen-bond donors (Lipinski definition) is 2. The largest absolute Gasteiger partial charge is 0.324 e. The van der Waals surface area contributed by atoms with Gasteiger partial charge in [-0.05, 0) is 12.5 Å². The molecule has 50 valence electrons. The van der Waals surface area contributed by atoms with Crippen LogP contribution >= 0.6 is 0 Å². The Kier molecular flexibility index (Phi) is 1.85. The Balaban J connectivity index is 2.51. The zero-order valence-electron chi connectivity index (χ0n) is 5.73. The minimum Gasteiger partial charge on any atom is -0.324 e. The predicted molar refractivity (Wildman–Crippen MR) is 38.3 cm³/mol. The fraction of sp³-hybridized carbons (Fsp3) is 0.500. The number of hydrogen-bond acceptors (Lipinski definition) is 3. The molecule has 0 fully saturated rings. The van der Waals surface area contributed by atoms with Crippen LogP contribution in [0.25, 0.3) is 0 Å². The second-order valence-corrected chi connectivity index (χ2v) is 2.01. The molecule has 0 saturated heterocycles. The second-order valence-electron chi connectivity index (χ2n) is 2.01. The van der Waals surface area contributed by atoms with Crippen molar-refractivity contribution in [3.63, 3.8) is 0 Å². The van der Waals surface area contributed by atoms with Gasteiger partial charge in [-0.1, -0.05) is 0 Å². The third-order valence-electron chi connectivity index (χ3n) is 1.29. The first-order valence-corrected chi connectivity index (χ1v) is 2.97. The minimum absolute atomic E-state index is 0.784. The molecule has 0 aromatic carbocycles. The number of aliphatic imine (C=N–C) groups is 1. The van der Waals surface area contributed by atoms with E-state index >= 15 is 0 Å². The van der Waals surface area contributed by atoms with Crippen molar-refractivity contribution >= 4 is 6.21 Å². The van der Waals surface area contributed by atoms with Crippen LogP contribution < -0.4 is 10.9 Å². The fourth-order valence-corrected chi connectivity index (χ4v) is 0.765. The van der Waals surface area contributed by atoms with Crippen LogP contribution in [0.1, 0.15) is 6.92 Å². The Morgan fingerprint density at radius 3 is 2.89 bits per heavy atom. The van der Waals surface area contributed by atoms with Gasteiger partial charge in [-0.3, -0.25) is 4.99 Å². The summed E-state index contributed by atoms with van der Waals surface area (Å²) >= 11 is 0. The standard InChI is InChI=1S/C6H11N3/c1-5-3-8-4-6(5)9-7-2/h3,7,9H,4H2,1-2H3. The Labute approximate surface area is 54.8 Å². The van der Waals surface area contributed by atoms with Gasteiger partial charge in [0.25, 0.3) is 0 Å². The summed E-state index contributed by atoms with van der Waals surface area (Å²) in [5, 5.41) is 0. The molecule has 0 unspecified atom stereocenters. The molecular weight excluding hydrogens is 114 g/mol. The summed E-state index contributed by atoms with van der Waals surface area (Å²) in [6, 6.07) is 0. The van der Waals surface area contributed by atoms with E-state index in [0.717, 1.165) is 12.2 Å². The van der Waals surface area contributed by atoms with Crippen molar-refractivity contribution in [3.8, 4) is 0 Å². The lowest BCUT2D eigenvalue weighted by atomic mass is 10.3. The Morgan fingerprint density at radius 1 is 1.67 bits per heavy atom. The normalized spacial score (nSPS) is 17.1. The molecule has 0 aromatic heterocycles. The molecule has 1 aliphatic rings. The minimum atomic E-state index is 0.784. The highest BCUT2D eigenvalue weighted by Crippen LogP contribution is 2.03. The van der Waals surface area contributed by atoms with Gasteiger partial charge in [0.05, 0.1) is 12.2 Å². The third kappa shape index (κ3) is 1.29. The molecule has 0 amide bonds. The topological polar surface area (TPSA) is 36.4 Å². The average molecular weight is 125 g/mol. The van der Waals surface area contributed by atoms with E-state index < -0.39 is 0 Å². The van der Waals surface area contributed by atoms with E-state index in [1.165, 1.54) is 5.57 Å². The van der Waals surface area contributed by atoms with E-state index in [4.69, 9.17) is 0 Å². The summed E-state index contributed by atoms with van der Waals surface area (Å²) in [5.74, 6) is 0. The summed E-state index contributed by atoms with van der Waals surface area (Å²) in [7, 11) is 1.85. The number of hydrazine groups is 1. The van der Waals surface area contributed by atoms with Crippen LogP contribution in [-0.2, 0) is 0 Å². The Hall–Kier alpha value is -0.830. The molecule has 0 aliphatic carbocycles. The molecule has 0 spiro atoms. The molecule has 0 radical (unpaired) electrons. The van der Waals surface area contributed by atoms with Gasteiger partial charge < -0.3 is 5.43 Å². The van der Waals surface area contributed by atoms with Gasteiger partial charge in [-0.25, -0.2) is 5.43 Å². The van der Waals surface area contributed by atoms with E-state index in [0.29, 0.717) is 0 Å². The molecule has 3 nitrogen and oxygen atoms in total. The molecule has 9 heavy (non-hydrogen) atoms. The molecule has 0 bridgehead atoms. The van der Waals surface area contributed by atoms with Crippen molar-refractivity contribution < 1.29 is 0 Å². The molecule has 0 aromatic rings. The Bertz CT molecular complexity index is 158. The van der Waals surface area contributed by atoms with Crippen molar-refractivity contribution in [1.29, 1.82) is 0 Å². The van der Waals surface area contributed by atoms with Gasteiger partial charge in [0.1, 0.15) is 0 Å². The van der Waals surface area contributed by atoms with Gasteiger partial charge in [0, 0.05) is 13.3 Å². The maximum absolute atomic E-state index is 4.06. The number of nitrogens with one attached hydrogen (secondary N) is 2. The monoisotopic (exact) mass is 125 g/mol. The molecule has 1 rings (SSSR count). The van der Waals surface area contributed by atoms with Crippen LogP contribution in [-0.4, -0.2) is 19.8 Å². The molecular formula is C6H11N3. The highest BCUT2D eigenvalue weighted by molar-refractivity contribution is 5.81. The van der Waals surface area contributed by atoms with Gasteiger partial charge in [-0.15, -0.1) is 0 Å². The molecule has 0 atom stereocenters. The molecule has 2 N–H and O–H groups in total. The van der Waals surface area contributed by atoms with Crippen LogP contribution in [0.4, 0.5) is 0 Å². The summed E-state index contributed by atoms with van der Waals surface area (Å²) < 4.78 is 0. The maximum atomic E-state index is 4.06. The quantitative estimate of drug-likeness (QED) is 0.512. The van der Waals surface area contributed by atoms with Crippen LogP contribution in [0, 0.1) is 0 Å². The van der Waals surface area contributed by atoms with Gasteiger partial charge in [-0.2, -0.15) is 0 Å². The Morgan fingerprint density at radius 2 is 2.44 bits per heavy atom. The van der Waals surface area contributed by atoms with Crippen molar-refractivity contribution in [2.24, 2.45) is 4.99 Å². The fourth-order valence-electron chi connectivity index (χ4n) is 0.765. The summed E-state index contributed by atoms with van der Waals surface area (Å²) in [6.07, 6.45) is 1.87. The lowest BCUT2D eigenvalue weighted by molar-refractivity contribution is 0.677. The lowest BCUT2D eigenvalue weighted by Gasteiger charge is -2.03. The zero-order chi connectivity index (χ0) is 6.69. The molecule has 0 saturated carbocycles. The SMILES string of the molecule is CNNC1=C(C)C=NC1. The molecule has 1 heterocycles. The van der Waals surface area contributed by atoms with Crippen molar-refractivity contribution in [2.45, 2.75) is 6.92 Å². The first kappa shape index (κ1) is 6.29. The summed E-state index contributed by atoms with van der Waals surface area (Å²) in [5.41, 5.74) is 8.23. The van der Waals surface area contributed by atoms with Crippen LogP contribution in [0.15, 0.2) is 16.3 Å². The number of allylic oxidation sites excluding steroid dienone is 1. The second kappa shape index (κ2) is 2.64.